The average Bonchev–Trinajstić information content (AvgIpc) is 3.00. The summed E-state index contributed by atoms with van der Waals surface area (Å²) in [5.41, 5.74) is 0.948. The number of anilines is 1. The maximum atomic E-state index is 11.5. The van der Waals surface area contributed by atoms with Crippen LogP contribution in [0.3, 0.4) is 0 Å². The van der Waals surface area contributed by atoms with E-state index < -0.39 is 5.97 Å². The molecule has 0 spiro atoms. The number of esters is 1. The molecule has 1 heterocycles. The maximum Gasteiger partial charge on any atom is 0.337 e. The van der Waals surface area contributed by atoms with E-state index in [-0.39, 0.29) is 5.84 Å². The van der Waals surface area contributed by atoms with Crippen molar-refractivity contribution in [2.75, 3.05) is 19.5 Å². The molecule has 0 unspecified atom stereocenters. The molecule has 104 valence electrons. The standard InChI is InChI=1S/C14H14N2O3S/c1-18-11-6-5-9(14(17)19-2)8-10(11)16-13(15)12-4-3-7-20-12/h3-8H,1-2H3,(H2,15,16). The van der Waals surface area contributed by atoms with Crippen LogP contribution in [0.25, 0.3) is 0 Å². The molecule has 0 saturated heterocycles. The highest BCUT2D eigenvalue weighted by molar-refractivity contribution is 7.12. The molecule has 0 aliphatic carbocycles. The third-order valence-corrected chi connectivity index (χ3v) is 3.54. The first-order valence-electron chi connectivity index (χ1n) is 5.81. The molecule has 0 aliphatic rings. The van der Waals surface area contributed by atoms with Crippen LogP contribution in [0.15, 0.2) is 35.7 Å². The van der Waals surface area contributed by atoms with E-state index in [1.807, 2.05) is 17.5 Å². The lowest BCUT2D eigenvalue weighted by atomic mass is 10.2. The van der Waals surface area contributed by atoms with Crippen molar-refractivity contribution >= 4 is 28.8 Å². The summed E-state index contributed by atoms with van der Waals surface area (Å²) in [5, 5.41) is 12.8. The predicted octanol–water partition coefficient (Wildman–Crippen LogP) is 2.98. The number of methoxy groups -OCH3 is 2. The lowest BCUT2D eigenvalue weighted by Crippen LogP contribution is -2.12. The summed E-state index contributed by atoms with van der Waals surface area (Å²) in [6.07, 6.45) is 0. The molecule has 5 nitrogen and oxygen atoms in total. The maximum absolute atomic E-state index is 11.5. The van der Waals surface area contributed by atoms with Crippen molar-refractivity contribution in [3.63, 3.8) is 0 Å². The van der Waals surface area contributed by atoms with Gasteiger partial charge in [0.2, 0.25) is 0 Å². The quantitative estimate of drug-likeness (QED) is 0.516. The van der Waals surface area contributed by atoms with Gasteiger partial charge in [0.1, 0.15) is 11.6 Å². The van der Waals surface area contributed by atoms with Crippen LogP contribution in [-0.4, -0.2) is 26.0 Å². The molecule has 20 heavy (non-hydrogen) atoms. The molecular formula is C14H14N2O3S. The number of thiophene rings is 1. The highest BCUT2D eigenvalue weighted by Crippen LogP contribution is 2.26. The highest BCUT2D eigenvalue weighted by Gasteiger charge is 2.12. The molecule has 1 aromatic carbocycles. The fourth-order valence-corrected chi connectivity index (χ4v) is 2.30. The lowest BCUT2D eigenvalue weighted by molar-refractivity contribution is 0.0601. The van der Waals surface area contributed by atoms with Crippen molar-refractivity contribution in [3.8, 4) is 5.75 Å². The second-order valence-electron chi connectivity index (χ2n) is 3.88. The number of hydrogen-bond donors (Lipinski definition) is 2. The van der Waals surface area contributed by atoms with Gasteiger partial charge in [0.15, 0.2) is 0 Å². The Morgan fingerprint density at radius 1 is 1.30 bits per heavy atom. The molecule has 0 bridgehead atoms. The van der Waals surface area contributed by atoms with Gasteiger partial charge in [-0.25, -0.2) is 4.79 Å². The van der Waals surface area contributed by atoms with Gasteiger partial charge in [-0.3, -0.25) is 5.41 Å². The summed E-state index contributed by atoms with van der Waals surface area (Å²) >= 11 is 1.46. The number of hydrogen-bond acceptors (Lipinski definition) is 5. The smallest absolute Gasteiger partial charge is 0.337 e. The van der Waals surface area contributed by atoms with Crippen LogP contribution in [-0.2, 0) is 4.74 Å². The molecule has 6 heteroatoms. The Balaban J connectivity index is 2.29. The highest BCUT2D eigenvalue weighted by atomic mass is 32.1. The van der Waals surface area contributed by atoms with Crippen LogP contribution in [0.4, 0.5) is 5.69 Å². The first-order valence-corrected chi connectivity index (χ1v) is 6.69. The topological polar surface area (TPSA) is 71.4 Å². The van der Waals surface area contributed by atoms with Crippen molar-refractivity contribution in [2.24, 2.45) is 0 Å². The summed E-state index contributed by atoms with van der Waals surface area (Å²) < 4.78 is 9.91. The molecule has 0 amide bonds. The monoisotopic (exact) mass is 290 g/mol. The fourth-order valence-electron chi connectivity index (χ4n) is 1.67. The lowest BCUT2D eigenvalue weighted by Gasteiger charge is -2.12. The molecule has 0 aliphatic heterocycles. The second-order valence-corrected chi connectivity index (χ2v) is 4.83. The van der Waals surface area contributed by atoms with Gasteiger partial charge < -0.3 is 14.8 Å². The van der Waals surface area contributed by atoms with E-state index in [1.165, 1.54) is 25.6 Å². The molecule has 2 N–H and O–H groups in total. The van der Waals surface area contributed by atoms with Gasteiger partial charge in [0, 0.05) is 0 Å². The van der Waals surface area contributed by atoms with E-state index in [4.69, 9.17) is 10.1 Å². The van der Waals surface area contributed by atoms with Crippen LogP contribution >= 0.6 is 11.3 Å². The van der Waals surface area contributed by atoms with Crippen LogP contribution < -0.4 is 10.1 Å². The molecule has 2 rings (SSSR count). The number of rotatable bonds is 4. The fraction of sp³-hybridized carbons (Fsp3) is 0.143. The van der Waals surface area contributed by atoms with Crippen molar-refractivity contribution in [1.82, 2.24) is 0 Å². The minimum absolute atomic E-state index is 0.250. The number of ether oxygens (including phenoxy) is 2. The van der Waals surface area contributed by atoms with Gasteiger partial charge in [0.05, 0.1) is 30.3 Å². The Morgan fingerprint density at radius 3 is 2.70 bits per heavy atom. The van der Waals surface area contributed by atoms with Gasteiger partial charge in [-0.05, 0) is 29.6 Å². The number of benzene rings is 1. The zero-order valence-corrected chi connectivity index (χ0v) is 11.9. The van der Waals surface area contributed by atoms with E-state index in [0.29, 0.717) is 17.0 Å². The Bertz CT molecular complexity index is 623. The molecule has 0 radical (unpaired) electrons. The van der Waals surface area contributed by atoms with Gasteiger partial charge in [-0.1, -0.05) is 6.07 Å². The number of nitrogens with one attached hydrogen (secondary N) is 2. The number of amidine groups is 1. The van der Waals surface area contributed by atoms with Gasteiger partial charge in [-0.15, -0.1) is 11.3 Å². The van der Waals surface area contributed by atoms with E-state index in [2.05, 4.69) is 10.1 Å². The average molecular weight is 290 g/mol. The van der Waals surface area contributed by atoms with E-state index >= 15 is 0 Å². The zero-order valence-electron chi connectivity index (χ0n) is 11.1. The van der Waals surface area contributed by atoms with Crippen LogP contribution in [0.1, 0.15) is 15.2 Å². The molecule has 0 saturated carbocycles. The van der Waals surface area contributed by atoms with Gasteiger partial charge in [-0.2, -0.15) is 0 Å². The Hall–Kier alpha value is -2.34. The minimum Gasteiger partial charge on any atom is -0.495 e. The molecule has 1 aromatic heterocycles. The van der Waals surface area contributed by atoms with Gasteiger partial charge >= 0.3 is 5.97 Å². The largest absolute Gasteiger partial charge is 0.495 e. The Labute approximate surface area is 120 Å². The number of carbonyl (C=O) groups excluding carboxylic acids is 1. The predicted molar refractivity (Wildman–Crippen MR) is 79.1 cm³/mol. The summed E-state index contributed by atoms with van der Waals surface area (Å²) in [6, 6.07) is 8.60. The molecule has 0 fully saturated rings. The first-order chi connectivity index (χ1) is 9.65. The minimum atomic E-state index is -0.432. The molecular weight excluding hydrogens is 276 g/mol. The van der Waals surface area contributed by atoms with E-state index in [9.17, 15) is 4.79 Å². The van der Waals surface area contributed by atoms with Crippen molar-refractivity contribution in [1.29, 1.82) is 5.41 Å². The third-order valence-electron chi connectivity index (χ3n) is 2.65. The summed E-state index contributed by atoms with van der Waals surface area (Å²) in [5.74, 6) is 0.373. The normalized spacial score (nSPS) is 9.90. The third kappa shape index (κ3) is 2.97. The SMILES string of the molecule is COC(=O)c1ccc(OC)c(NC(=N)c2cccs2)c1. The second kappa shape index (κ2) is 6.21. The van der Waals surface area contributed by atoms with Crippen molar-refractivity contribution < 1.29 is 14.3 Å². The summed E-state index contributed by atoms with van der Waals surface area (Å²) in [6.45, 7) is 0. The van der Waals surface area contributed by atoms with E-state index in [0.717, 1.165) is 4.88 Å². The van der Waals surface area contributed by atoms with Crippen LogP contribution in [0.5, 0.6) is 5.75 Å². The summed E-state index contributed by atoms with van der Waals surface area (Å²) in [4.78, 5) is 12.3. The Kier molecular flexibility index (Phi) is 4.37. The zero-order chi connectivity index (χ0) is 14.5. The van der Waals surface area contributed by atoms with Crippen molar-refractivity contribution in [2.45, 2.75) is 0 Å². The van der Waals surface area contributed by atoms with Crippen LogP contribution in [0.2, 0.25) is 0 Å². The van der Waals surface area contributed by atoms with Crippen LogP contribution in [0, 0.1) is 5.41 Å². The first kappa shape index (κ1) is 14.1. The molecule has 0 atom stereocenters. The Morgan fingerprint density at radius 2 is 2.10 bits per heavy atom. The summed E-state index contributed by atoms with van der Waals surface area (Å²) in [7, 11) is 2.86. The van der Waals surface area contributed by atoms with Gasteiger partial charge in [0.25, 0.3) is 0 Å². The number of carbonyl (C=O) groups is 1. The van der Waals surface area contributed by atoms with Crippen molar-refractivity contribution in [3.05, 3.63) is 46.2 Å². The molecule has 2 aromatic rings. The van der Waals surface area contributed by atoms with E-state index in [1.54, 1.807) is 18.2 Å².